The normalized spacial score (nSPS) is 11.0. The van der Waals surface area contributed by atoms with Gasteiger partial charge in [-0.25, -0.2) is 14.8 Å². The van der Waals surface area contributed by atoms with Crippen LogP contribution in [0.2, 0.25) is 0 Å². The van der Waals surface area contributed by atoms with Crippen LogP contribution >= 0.6 is 11.8 Å². The van der Waals surface area contributed by atoms with Gasteiger partial charge >= 0.3 is 5.97 Å². The molecule has 3 heterocycles. The fourth-order valence-electron chi connectivity index (χ4n) is 2.15. The molecule has 0 unspecified atom stereocenters. The van der Waals surface area contributed by atoms with Gasteiger partial charge in [-0.2, -0.15) is 5.10 Å². The Kier molecular flexibility index (Phi) is 3.34. The van der Waals surface area contributed by atoms with E-state index >= 15 is 0 Å². The van der Waals surface area contributed by atoms with Crippen molar-refractivity contribution in [1.82, 2.24) is 19.7 Å². The van der Waals surface area contributed by atoms with Gasteiger partial charge in [-0.05, 0) is 19.1 Å². The van der Waals surface area contributed by atoms with Crippen LogP contribution in [0.25, 0.3) is 11.0 Å². The lowest BCUT2D eigenvalue weighted by Crippen LogP contribution is -2.02. The minimum atomic E-state index is -1.01. The molecule has 0 aliphatic rings. The summed E-state index contributed by atoms with van der Waals surface area (Å²) in [6, 6.07) is 5.53. The van der Waals surface area contributed by atoms with Gasteiger partial charge in [0.15, 0.2) is 5.65 Å². The van der Waals surface area contributed by atoms with E-state index in [0.29, 0.717) is 10.5 Å². The first-order valence-corrected chi connectivity index (χ1v) is 7.04. The number of hydrogen-bond acceptors (Lipinski definition) is 5. The lowest BCUT2D eigenvalue weighted by Gasteiger charge is -2.07. The van der Waals surface area contributed by atoms with Crippen LogP contribution in [0.4, 0.5) is 0 Å². The molecule has 21 heavy (non-hydrogen) atoms. The highest BCUT2D eigenvalue weighted by atomic mass is 32.2. The first kappa shape index (κ1) is 13.6. The summed E-state index contributed by atoms with van der Waals surface area (Å²) in [5, 5.41) is 15.2. The Morgan fingerprint density at radius 2 is 2.14 bits per heavy atom. The fourth-order valence-corrected chi connectivity index (χ4v) is 3.21. The summed E-state index contributed by atoms with van der Waals surface area (Å²) in [6.07, 6.45) is 3.05. The molecule has 0 bridgehead atoms. The molecule has 0 aromatic carbocycles. The minimum absolute atomic E-state index is 0.161. The van der Waals surface area contributed by atoms with Gasteiger partial charge < -0.3 is 5.11 Å². The van der Waals surface area contributed by atoms with Gasteiger partial charge in [0, 0.05) is 24.3 Å². The van der Waals surface area contributed by atoms with Crippen molar-refractivity contribution in [3.63, 3.8) is 0 Å². The second kappa shape index (κ2) is 5.17. The van der Waals surface area contributed by atoms with Crippen LogP contribution in [0.3, 0.4) is 0 Å². The smallest absolute Gasteiger partial charge is 0.338 e. The molecule has 0 aliphatic carbocycles. The molecule has 0 atom stereocenters. The van der Waals surface area contributed by atoms with Crippen LogP contribution in [0.5, 0.6) is 0 Å². The van der Waals surface area contributed by atoms with Crippen LogP contribution in [-0.2, 0) is 7.05 Å². The van der Waals surface area contributed by atoms with Crippen molar-refractivity contribution in [2.75, 3.05) is 0 Å². The van der Waals surface area contributed by atoms with Crippen LogP contribution in [0.1, 0.15) is 16.1 Å². The van der Waals surface area contributed by atoms with E-state index in [-0.39, 0.29) is 5.56 Å². The van der Waals surface area contributed by atoms with E-state index in [1.165, 1.54) is 18.0 Å². The number of pyridine rings is 2. The van der Waals surface area contributed by atoms with E-state index < -0.39 is 5.97 Å². The summed E-state index contributed by atoms with van der Waals surface area (Å²) < 4.78 is 1.65. The maximum atomic E-state index is 11.5. The van der Waals surface area contributed by atoms with Crippen molar-refractivity contribution in [2.45, 2.75) is 16.8 Å². The first-order chi connectivity index (χ1) is 10.1. The number of aryl methyl sites for hydroxylation is 2. The van der Waals surface area contributed by atoms with Crippen LogP contribution in [0.15, 0.2) is 40.5 Å². The molecule has 3 aromatic rings. The zero-order valence-corrected chi connectivity index (χ0v) is 12.3. The Labute approximate surface area is 124 Å². The maximum absolute atomic E-state index is 11.5. The summed E-state index contributed by atoms with van der Waals surface area (Å²) in [6.45, 7) is 1.85. The minimum Gasteiger partial charge on any atom is -0.478 e. The fraction of sp³-hybridized carbons (Fsp3) is 0.143. The molecular weight excluding hydrogens is 288 g/mol. The lowest BCUT2D eigenvalue weighted by atomic mass is 10.2. The number of carboxylic acids is 1. The number of fused-ring (bicyclic) bond motifs is 1. The number of aromatic nitrogens is 4. The van der Waals surface area contributed by atoms with Gasteiger partial charge in [0.1, 0.15) is 5.03 Å². The quantitative estimate of drug-likeness (QED) is 0.800. The van der Waals surface area contributed by atoms with Crippen LogP contribution in [-0.4, -0.2) is 30.8 Å². The molecule has 0 aliphatic heterocycles. The first-order valence-electron chi connectivity index (χ1n) is 6.22. The molecule has 0 amide bonds. The third-order valence-electron chi connectivity index (χ3n) is 3.05. The Morgan fingerprint density at radius 3 is 2.81 bits per heavy atom. The van der Waals surface area contributed by atoms with Crippen LogP contribution in [0, 0.1) is 6.92 Å². The van der Waals surface area contributed by atoms with Gasteiger partial charge in [0.25, 0.3) is 0 Å². The molecule has 3 aromatic heterocycles. The summed E-state index contributed by atoms with van der Waals surface area (Å²) in [4.78, 5) is 20.5. The van der Waals surface area contributed by atoms with E-state index in [1.807, 2.05) is 25.1 Å². The topological polar surface area (TPSA) is 80.9 Å². The number of carboxylic acid groups (broad SMARTS) is 1. The highest BCUT2D eigenvalue weighted by molar-refractivity contribution is 7.99. The second-order valence-corrected chi connectivity index (χ2v) is 5.51. The van der Waals surface area contributed by atoms with E-state index in [1.54, 1.807) is 17.9 Å². The highest BCUT2D eigenvalue weighted by Gasteiger charge is 2.20. The van der Waals surface area contributed by atoms with Crippen molar-refractivity contribution in [2.24, 2.45) is 7.05 Å². The summed E-state index contributed by atoms with van der Waals surface area (Å²) in [7, 11) is 1.79. The van der Waals surface area contributed by atoms with Crippen molar-refractivity contribution in [3.05, 3.63) is 41.9 Å². The predicted octanol–water partition coefficient (Wildman–Crippen LogP) is 2.52. The Balaban J connectivity index is 2.26. The third-order valence-corrected chi connectivity index (χ3v) is 4.13. The summed E-state index contributed by atoms with van der Waals surface area (Å²) in [5.41, 5.74) is 1.58. The lowest BCUT2D eigenvalue weighted by molar-refractivity contribution is 0.0693. The molecule has 0 radical (unpaired) electrons. The number of carbonyl (C=O) groups is 1. The van der Waals surface area contributed by atoms with Crippen molar-refractivity contribution >= 4 is 28.8 Å². The molecule has 1 N–H and O–H groups in total. The van der Waals surface area contributed by atoms with Gasteiger partial charge in [0.2, 0.25) is 0 Å². The Morgan fingerprint density at radius 1 is 1.33 bits per heavy atom. The zero-order valence-electron chi connectivity index (χ0n) is 11.4. The molecule has 7 heteroatoms. The van der Waals surface area contributed by atoms with E-state index in [2.05, 4.69) is 15.1 Å². The maximum Gasteiger partial charge on any atom is 0.338 e. The average Bonchev–Trinajstić information content (AvgIpc) is 2.75. The van der Waals surface area contributed by atoms with E-state index in [9.17, 15) is 9.90 Å². The average molecular weight is 300 g/mol. The monoisotopic (exact) mass is 300 g/mol. The molecule has 3 rings (SSSR count). The molecule has 0 saturated heterocycles. The number of nitrogens with zero attached hydrogens (tertiary/aromatic N) is 4. The SMILES string of the molecule is Cc1nn(C)c2ncc(C(=O)O)c(Sc3ccccn3)c12. The molecule has 6 nitrogen and oxygen atoms in total. The number of aromatic carboxylic acids is 1. The Hall–Kier alpha value is -2.41. The molecule has 0 spiro atoms. The van der Waals surface area contributed by atoms with Crippen LogP contribution < -0.4 is 0 Å². The standard InChI is InChI=1S/C14H12N4O2S/c1-8-11-12(21-10-5-3-4-6-15-10)9(14(19)20)7-16-13(11)18(2)17-8/h3-7H,1-2H3,(H,19,20). The summed E-state index contributed by atoms with van der Waals surface area (Å²) in [5.74, 6) is -1.01. The molecule has 0 fully saturated rings. The van der Waals surface area contributed by atoms with Gasteiger partial charge in [0.05, 0.1) is 16.6 Å². The number of rotatable bonds is 3. The van der Waals surface area contributed by atoms with Gasteiger partial charge in [-0.3, -0.25) is 4.68 Å². The van der Waals surface area contributed by atoms with Gasteiger partial charge in [-0.15, -0.1) is 0 Å². The third kappa shape index (κ3) is 2.36. The number of hydrogen-bond donors (Lipinski definition) is 1. The molecule has 0 saturated carbocycles. The highest BCUT2D eigenvalue weighted by Crippen LogP contribution is 2.36. The van der Waals surface area contributed by atoms with Crippen molar-refractivity contribution in [3.8, 4) is 0 Å². The van der Waals surface area contributed by atoms with E-state index in [0.717, 1.165) is 16.1 Å². The largest absolute Gasteiger partial charge is 0.478 e. The Bertz CT molecular complexity index is 830. The predicted molar refractivity (Wildman–Crippen MR) is 78.6 cm³/mol. The van der Waals surface area contributed by atoms with Crippen molar-refractivity contribution < 1.29 is 9.90 Å². The van der Waals surface area contributed by atoms with Crippen molar-refractivity contribution in [1.29, 1.82) is 0 Å². The molecular formula is C14H12N4O2S. The summed E-state index contributed by atoms with van der Waals surface area (Å²) >= 11 is 1.31. The molecule has 106 valence electrons. The van der Waals surface area contributed by atoms with E-state index in [4.69, 9.17) is 0 Å². The second-order valence-electron chi connectivity index (χ2n) is 4.48. The van der Waals surface area contributed by atoms with Gasteiger partial charge in [-0.1, -0.05) is 17.8 Å². The zero-order chi connectivity index (χ0) is 15.0.